The van der Waals surface area contributed by atoms with E-state index in [4.69, 9.17) is 16.3 Å². The fraction of sp³-hybridized carbons (Fsp3) is 0.316. The van der Waals surface area contributed by atoms with Gasteiger partial charge in [-0.25, -0.2) is 0 Å². The summed E-state index contributed by atoms with van der Waals surface area (Å²) in [5.41, 5.74) is 2.49. The Bertz CT molecular complexity index is 516. The van der Waals surface area contributed by atoms with Crippen molar-refractivity contribution < 1.29 is 4.74 Å². The minimum Gasteiger partial charge on any atom is -0.489 e. The molecule has 0 heterocycles. The van der Waals surface area contributed by atoms with E-state index in [9.17, 15) is 0 Å². The Kier molecular flexibility index (Phi) is 6.62. The minimum atomic E-state index is 0.569. The van der Waals surface area contributed by atoms with Crippen LogP contribution in [0.25, 0.3) is 0 Å². The summed E-state index contributed by atoms with van der Waals surface area (Å²) in [6, 6.07) is 16.1. The van der Waals surface area contributed by atoms with Crippen molar-refractivity contribution in [1.29, 1.82) is 0 Å². The molecule has 2 aromatic carbocycles. The zero-order chi connectivity index (χ0) is 14.9. The third kappa shape index (κ3) is 5.81. The number of rotatable bonds is 8. The average molecular weight is 302 g/mol. The van der Waals surface area contributed by atoms with Crippen molar-refractivity contribution in [3.63, 3.8) is 0 Å². The van der Waals surface area contributed by atoms with Gasteiger partial charge >= 0.3 is 0 Å². The Hall–Kier alpha value is -1.47. The second kappa shape index (κ2) is 8.74. The van der Waals surface area contributed by atoms with Crippen LogP contribution in [0.15, 0.2) is 48.5 Å². The maximum absolute atomic E-state index is 5.86. The fourth-order valence-corrected chi connectivity index (χ4v) is 2.31. The predicted octanol–water partition coefficient (Wildman–Crippen LogP) is 5.86. The second-order valence-electron chi connectivity index (χ2n) is 5.22. The molecule has 0 aliphatic heterocycles. The number of hydrogen-bond donors (Lipinski definition) is 0. The Morgan fingerprint density at radius 2 is 1.48 bits per heavy atom. The van der Waals surface area contributed by atoms with E-state index in [1.807, 2.05) is 36.4 Å². The second-order valence-corrected chi connectivity index (χ2v) is 5.66. The standard InChI is InChI=1S/C19H22ClO/c1-2-3-4-5-6-16-9-13-19(14-10-16)21-15-17-7-11-18(20)12-8-17/h7-14H,1-6,15H2. The van der Waals surface area contributed by atoms with Gasteiger partial charge in [0.25, 0.3) is 0 Å². The van der Waals surface area contributed by atoms with E-state index in [1.165, 1.54) is 24.8 Å². The van der Waals surface area contributed by atoms with Crippen molar-refractivity contribution in [3.8, 4) is 5.75 Å². The van der Waals surface area contributed by atoms with E-state index in [0.717, 1.165) is 29.2 Å². The van der Waals surface area contributed by atoms with E-state index in [2.05, 4.69) is 19.1 Å². The zero-order valence-electron chi connectivity index (χ0n) is 12.4. The van der Waals surface area contributed by atoms with E-state index in [1.54, 1.807) is 0 Å². The van der Waals surface area contributed by atoms with Crippen LogP contribution in [0.4, 0.5) is 0 Å². The summed E-state index contributed by atoms with van der Waals surface area (Å²) >= 11 is 5.86. The summed E-state index contributed by atoms with van der Waals surface area (Å²) in [7, 11) is 0. The molecule has 0 aliphatic rings. The first-order chi connectivity index (χ1) is 10.3. The van der Waals surface area contributed by atoms with Crippen molar-refractivity contribution in [2.75, 3.05) is 0 Å². The molecule has 0 saturated carbocycles. The van der Waals surface area contributed by atoms with Gasteiger partial charge < -0.3 is 4.74 Å². The van der Waals surface area contributed by atoms with Gasteiger partial charge in [0.05, 0.1) is 0 Å². The number of aryl methyl sites for hydroxylation is 1. The molecule has 0 saturated heterocycles. The first-order valence-corrected chi connectivity index (χ1v) is 7.91. The average Bonchev–Trinajstić information content (AvgIpc) is 2.52. The molecule has 0 fully saturated rings. The van der Waals surface area contributed by atoms with Crippen LogP contribution < -0.4 is 4.74 Å². The molecule has 0 spiro atoms. The molecule has 1 radical (unpaired) electrons. The lowest BCUT2D eigenvalue weighted by Gasteiger charge is -2.07. The van der Waals surface area contributed by atoms with Crippen molar-refractivity contribution in [2.24, 2.45) is 0 Å². The molecule has 0 N–H and O–H groups in total. The van der Waals surface area contributed by atoms with Gasteiger partial charge in [-0.15, -0.1) is 0 Å². The van der Waals surface area contributed by atoms with Crippen LogP contribution in [-0.4, -0.2) is 0 Å². The highest BCUT2D eigenvalue weighted by atomic mass is 35.5. The molecule has 0 bridgehead atoms. The van der Waals surface area contributed by atoms with Gasteiger partial charge in [-0.3, -0.25) is 0 Å². The first kappa shape index (κ1) is 15.9. The Morgan fingerprint density at radius 3 is 2.14 bits per heavy atom. The summed E-state index contributed by atoms with van der Waals surface area (Å²) in [5, 5.41) is 0.752. The lowest BCUT2D eigenvalue weighted by molar-refractivity contribution is 0.306. The third-order valence-corrected chi connectivity index (χ3v) is 3.71. The van der Waals surface area contributed by atoms with E-state index in [-0.39, 0.29) is 0 Å². The number of benzene rings is 2. The molecule has 0 amide bonds. The first-order valence-electron chi connectivity index (χ1n) is 7.53. The summed E-state index contributed by atoms with van der Waals surface area (Å²) in [6.45, 7) is 4.44. The molecular weight excluding hydrogens is 280 g/mol. The van der Waals surface area contributed by atoms with Gasteiger partial charge in [-0.2, -0.15) is 0 Å². The monoisotopic (exact) mass is 301 g/mol. The Balaban J connectivity index is 1.78. The molecule has 1 nitrogen and oxygen atoms in total. The van der Waals surface area contributed by atoms with Crippen LogP contribution in [0.3, 0.4) is 0 Å². The molecule has 0 unspecified atom stereocenters. The van der Waals surface area contributed by atoms with Crippen LogP contribution in [0.1, 0.15) is 36.8 Å². The highest BCUT2D eigenvalue weighted by Crippen LogP contribution is 2.17. The van der Waals surface area contributed by atoms with Gasteiger partial charge in [0, 0.05) is 5.02 Å². The predicted molar refractivity (Wildman–Crippen MR) is 89.8 cm³/mol. The fourth-order valence-electron chi connectivity index (χ4n) is 2.18. The molecule has 111 valence electrons. The normalized spacial score (nSPS) is 10.6. The highest BCUT2D eigenvalue weighted by molar-refractivity contribution is 6.30. The van der Waals surface area contributed by atoms with Gasteiger partial charge in [0.1, 0.15) is 12.4 Å². The molecule has 2 aromatic rings. The Labute approximate surface area is 132 Å². The quantitative estimate of drug-likeness (QED) is 0.555. The summed E-state index contributed by atoms with van der Waals surface area (Å²) < 4.78 is 5.78. The number of ether oxygens (including phenoxy) is 1. The SMILES string of the molecule is [CH2]CCCCCc1ccc(OCc2ccc(Cl)cc2)cc1. The molecule has 0 atom stereocenters. The van der Waals surface area contributed by atoms with Gasteiger partial charge in [0.15, 0.2) is 0 Å². The summed E-state index contributed by atoms with van der Waals surface area (Å²) in [4.78, 5) is 0. The lowest BCUT2D eigenvalue weighted by atomic mass is 10.1. The van der Waals surface area contributed by atoms with Crippen LogP contribution in [0.5, 0.6) is 5.75 Å². The van der Waals surface area contributed by atoms with Crippen LogP contribution >= 0.6 is 11.6 Å². The van der Waals surface area contributed by atoms with Crippen LogP contribution in [0.2, 0.25) is 5.02 Å². The molecule has 21 heavy (non-hydrogen) atoms. The van der Waals surface area contributed by atoms with Gasteiger partial charge in [-0.05, 0) is 48.2 Å². The highest BCUT2D eigenvalue weighted by Gasteiger charge is 1.98. The smallest absolute Gasteiger partial charge is 0.119 e. The topological polar surface area (TPSA) is 9.23 Å². The van der Waals surface area contributed by atoms with Gasteiger partial charge in [0.2, 0.25) is 0 Å². The zero-order valence-corrected chi connectivity index (χ0v) is 13.1. The minimum absolute atomic E-state index is 0.569. The maximum Gasteiger partial charge on any atom is 0.119 e. The van der Waals surface area contributed by atoms with Crippen LogP contribution in [0, 0.1) is 6.92 Å². The molecular formula is C19H22ClO. The molecule has 0 aromatic heterocycles. The van der Waals surface area contributed by atoms with E-state index in [0.29, 0.717) is 6.61 Å². The molecule has 2 rings (SSSR count). The van der Waals surface area contributed by atoms with Crippen molar-refractivity contribution in [1.82, 2.24) is 0 Å². The lowest BCUT2D eigenvalue weighted by Crippen LogP contribution is -1.95. The van der Waals surface area contributed by atoms with Crippen molar-refractivity contribution >= 4 is 11.6 Å². The van der Waals surface area contributed by atoms with E-state index < -0.39 is 0 Å². The number of halogens is 1. The molecule has 2 heteroatoms. The maximum atomic E-state index is 5.86. The van der Waals surface area contributed by atoms with Crippen LogP contribution in [-0.2, 0) is 13.0 Å². The van der Waals surface area contributed by atoms with Crippen molar-refractivity contribution in [3.05, 3.63) is 71.6 Å². The van der Waals surface area contributed by atoms with E-state index >= 15 is 0 Å². The van der Waals surface area contributed by atoms with Crippen molar-refractivity contribution in [2.45, 2.75) is 38.7 Å². The summed E-state index contributed by atoms with van der Waals surface area (Å²) in [6.07, 6.45) is 5.90. The molecule has 0 aliphatic carbocycles. The van der Waals surface area contributed by atoms with Gasteiger partial charge in [-0.1, -0.05) is 62.1 Å². The Morgan fingerprint density at radius 1 is 0.810 bits per heavy atom. The number of unbranched alkanes of at least 4 members (excludes halogenated alkanes) is 3. The number of hydrogen-bond acceptors (Lipinski definition) is 1. The summed E-state index contributed by atoms with van der Waals surface area (Å²) in [5.74, 6) is 0.909. The largest absolute Gasteiger partial charge is 0.489 e. The third-order valence-electron chi connectivity index (χ3n) is 3.46.